The van der Waals surface area contributed by atoms with Crippen LogP contribution in [0.1, 0.15) is 15.9 Å². The molecule has 2 aromatic carbocycles. The molecule has 138 valence electrons. The molecule has 3 aromatic rings. The van der Waals surface area contributed by atoms with Crippen molar-refractivity contribution in [3.8, 4) is 0 Å². The lowest BCUT2D eigenvalue weighted by Crippen LogP contribution is -2.13. The molecule has 6 heteroatoms. The Hall–Kier alpha value is -3.41. The van der Waals surface area contributed by atoms with Crippen LogP contribution in [-0.4, -0.2) is 25.0 Å². The molecule has 0 unspecified atom stereocenters. The molecule has 0 bridgehead atoms. The molecule has 0 radical (unpaired) electrons. The molecule has 27 heavy (non-hydrogen) atoms. The van der Waals surface area contributed by atoms with Gasteiger partial charge < -0.3 is 15.5 Å². The molecule has 0 saturated heterocycles. The van der Waals surface area contributed by atoms with Gasteiger partial charge in [-0.25, -0.2) is 4.39 Å². The molecule has 3 rings (SSSR count). The fraction of sp³-hybridized carbons (Fsp3) is 0.143. The number of amides is 1. The maximum Gasteiger partial charge on any atom is 0.257 e. The van der Waals surface area contributed by atoms with E-state index in [9.17, 15) is 9.18 Å². The number of hydrogen-bond acceptors (Lipinski definition) is 4. The van der Waals surface area contributed by atoms with Crippen molar-refractivity contribution in [1.29, 1.82) is 0 Å². The maximum atomic E-state index is 13.7. The summed E-state index contributed by atoms with van der Waals surface area (Å²) < 4.78 is 13.7. The SMILES string of the molecule is CN(C)c1ccc(NC(=O)c2cncc(NCc3ccccc3F)c2)cc1. The van der Waals surface area contributed by atoms with E-state index in [0.717, 1.165) is 5.69 Å². The molecule has 1 heterocycles. The van der Waals surface area contributed by atoms with Crippen LogP contribution in [0.15, 0.2) is 67.0 Å². The standard InChI is InChI=1S/C21H21FN4O/c1-26(2)19-9-7-17(8-10-19)25-21(27)16-11-18(14-23-12-16)24-13-15-5-3-4-6-20(15)22/h3-12,14,24H,13H2,1-2H3,(H,25,27). The monoisotopic (exact) mass is 364 g/mol. The van der Waals surface area contributed by atoms with Crippen molar-refractivity contribution in [2.75, 3.05) is 29.6 Å². The lowest BCUT2D eigenvalue weighted by molar-refractivity contribution is 0.102. The highest BCUT2D eigenvalue weighted by molar-refractivity contribution is 6.04. The number of anilines is 3. The van der Waals surface area contributed by atoms with E-state index < -0.39 is 0 Å². The van der Waals surface area contributed by atoms with E-state index in [-0.39, 0.29) is 11.7 Å². The Kier molecular flexibility index (Phi) is 5.66. The van der Waals surface area contributed by atoms with Crippen molar-refractivity contribution in [2.24, 2.45) is 0 Å². The number of nitrogens with one attached hydrogen (secondary N) is 2. The second-order valence-corrected chi connectivity index (χ2v) is 6.30. The summed E-state index contributed by atoms with van der Waals surface area (Å²) in [6.07, 6.45) is 3.10. The Balaban J connectivity index is 1.65. The highest BCUT2D eigenvalue weighted by Gasteiger charge is 2.08. The fourth-order valence-corrected chi connectivity index (χ4v) is 2.55. The molecule has 0 atom stereocenters. The van der Waals surface area contributed by atoms with Gasteiger partial charge in [-0.05, 0) is 36.4 Å². The van der Waals surface area contributed by atoms with E-state index in [0.29, 0.717) is 29.0 Å². The first-order valence-electron chi connectivity index (χ1n) is 8.54. The number of pyridine rings is 1. The molecular weight excluding hydrogens is 343 g/mol. The van der Waals surface area contributed by atoms with Gasteiger partial charge in [0.2, 0.25) is 0 Å². The van der Waals surface area contributed by atoms with E-state index in [4.69, 9.17) is 0 Å². The first-order valence-corrected chi connectivity index (χ1v) is 8.54. The third-order valence-electron chi connectivity index (χ3n) is 4.08. The Bertz CT molecular complexity index is 925. The normalized spacial score (nSPS) is 10.3. The van der Waals surface area contributed by atoms with Crippen LogP contribution < -0.4 is 15.5 Å². The minimum atomic E-state index is -0.270. The summed E-state index contributed by atoms with van der Waals surface area (Å²) in [4.78, 5) is 18.5. The third-order valence-corrected chi connectivity index (χ3v) is 4.08. The molecule has 1 aromatic heterocycles. The quantitative estimate of drug-likeness (QED) is 0.690. The number of hydrogen-bond donors (Lipinski definition) is 2. The van der Waals surface area contributed by atoms with E-state index in [1.165, 1.54) is 12.3 Å². The second kappa shape index (κ2) is 8.31. The molecule has 0 saturated carbocycles. The zero-order valence-electron chi connectivity index (χ0n) is 15.2. The van der Waals surface area contributed by atoms with Crippen LogP contribution in [0.3, 0.4) is 0 Å². The summed E-state index contributed by atoms with van der Waals surface area (Å²) in [5.74, 6) is -0.525. The summed E-state index contributed by atoms with van der Waals surface area (Å²) in [7, 11) is 3.91. The summed E-state index contributed by atoms with van der Waals surface area (Å²) in [6, 6.07) is 15.8. The van der Waals surface area contributed by atoms with Gasteiger partial charge in [0, 0.05) is 50.0 Å². The van der Waals surface area contributed by atoms with E-state index >= 15 is 0 Å². The smallest absolute Gasteiger partial charge is 0.257 e. The van der Waals surface area contributed by atoms with Crippen molar-refractivity contribution < 1.29 is 9.18 Å². The lowest BCUT2D eigenvalue weighted by atomic mass is 10.2. The first-order chi connectivity index (χ1) is 13.0. The molecule has 0 aliphatic heterocycles. The van der Waals surface area contributed by atoms with Crippen LogP contribution >= 0.6 is 0 Å². The lowest BCUT2D eigenvalue weighted by Gasteiger charge is -2.13. The minimum absolute atomic E-state index is 0.255. The van der Waals surface area contributed by atoms with Gasteiger partial charge in [-0.3, -0.25) is 9.78 Å². The van der Waals surface area contributed by atoms with Gasteiger partial charge in [0.25, 0.3) is 5.91 Å². The van der Waals surface area contributed by atoms with Crippen molar-refractivity contribution in [3.63, 3.8) is 0 Å². The molecule has 0 aliphatic rings. The summed E-state index contributed by atoms with van der Waals surface area (Å²) in [5.41, 5.74) is 3.37. The van der Waals surface area contributed by atoms with Crippen LogP contribution in [0.4, 0.5) is 21.5 Å². The van der Waals surface area contributed by atoms with Gasteiger partial charge in [-0.1, -0.05) is 18.2 Å². The molecular formula is C21H21FN4O. The fourth-order valence-electron chi connectivity index (χ4n) is 2.55. The molecule has 1 amide bonds. The van der Waals surface area contributed by atoms with Crippen LogP contribution in [0.5, 0.6) is 0 Å². The van der Waals surface area contributed by atoms with Crippen LogP contribution in [0, 0.1) is 5.82 Å². The summed E-state index contributed by atoms with van der Waals surface area (Å²) >= 11 is 0. The Morgan fingerprint density at radius 1 is 1.04 bits per heavy atom. The van der Waals surface area contributed by atoms with Gasteiger partial charge in [0.1, 0.15) is 5.82 Å². The molecule has 0 fully saturated rings. The van der Waals surface area contributed by atoms with Gasteiger partial charge in [-0.15, -0.1) is 0 Å². The average molecular weight is 364 g/mol. The van der Waals surface area contributed by atoms with E-state index in [1.807, 2.05) is 43.3 Å². The van der Waals surface area contributed by atoms with Gasteiger partial charge >= 0.3 is 0 Å². The van der Waals surface area contributed by atoms with Crippen molar-refractivity contribution in [2.45, 2.75) is 6.54 Å². The predicted molar refractivity (Wildman–Crippen MR) is 107 cm³/mol. The number of carbonyl (C=O) groups excluding carboxylic acids is 1. The first kappa shape index (κ1) is 18.4. The van der Waals surface area contributed by atoms with Crippen molar-refractivity contribution in [3.05, 3.63) is 83.9 Å². The minimum Gasteiger partial charge on any atom is -0.380 e. The number of carbonyl (C=O) groups is 1. The van der Waals surface area contributed by atoms with E-state index in [1.54, 1.807) is 30.5 Å². The highest BCUT2D eigenvalue weighted by Crippen LogP contribution is 2.17. The number of rotatable bonds is 6. The number of aromatic nitrogens is 1. The highest BCUT2D eigenvalue weighted by atomic mass is 19.1. The van der Waals surface area contributed by atoms with Gasteiger partial charge in [0.15, 0.2) is 0 Å². The van der Waals surface area contributed by atoms with Gasteiger partial charge in [0.05, 0.1) is 11.3 Å². The zero-order chi connectivity index (χ0) is 19.2. The number of benzene rings is 2. The predicted octanol–water partition coefficient (Wildman–Crippen LogP) is 4.15. The second-order valence-electron chi connectivity index (χ2n) is 6.30. The third kappa shape index (κ3) is 4.82. The number of nitrogens with zero attached hydrogens (tertiary/aromatic N) is 2. The summed E-state index contributed by atoms with van der Waals surface area (Å²) in [5, 5.41) is 5.94. The van der Waals surface area contributed by atoms with Crippen molar-refractivity contribution >= 4 is 23.0 Å². The van der Waals surface area contributed by atoms with Crippen LogP contribution in [0.2, 0.25) is 0 Å². The Morgan fingerprint density at radius 3 is 2.48 bits per heavy atom. The van der Waals surface area contributed by atoms with Crippen molar-refractivity contribution in [1.82, 2.24) is 4.98 Å². The molecule has 5 nitrogen and oxygen atoms in total. The zero-order valence-corrected chi connectivity index (χ0v) is 15.2. The molecule has 2 N–H and O–H groups in total. The largest absolute Gasteiger partial charge is 0.380 e. The topological polar surface area (TPSA) is 57.3 Å². The van der Waals surface area contributed by atoms with Crippen LogP contribution in [0.25, 0.3) is 0 Å². The summed E-state index contributed by atoms with van der Waals surface area (Å²) in [6.45, 7) is 0.311. The Morgan fingerprint density at radius 2 is 1.78 bits per heavy atom. The van der Waals surface area contributed by atoms with Crippen LogP contribution in [-0.2, 0) is 6.54 Å². The Labute approximate surface area is 157 Å². The van der Waals surface area contributed by atoms with Gasteiger partial charge in [-0.2, -0.15) is 0 Å². The molecule has 0 aliphatic carbocycles. The number of halogens is 1. The average Bonchev–Trinajstić information content (AvgIpc) is 2.68. The van der Waals surface area contributed by atoms with E-state index in [2.05, 4.69) is 15.6 Å². The maximum absolute atomic E-state index is 13.7. The molecule has 0 spiro atoms.